The molecular formula is C12H17ClN2. The van der Waals surface area contributed by atoms with E-state index < -0.39 is 0 Å². The van der Waals surface area contributed by atoms with Crippen LogP contribution >= 0.6 is 11.6 Å². The summed E-state index contributed by atoms with van der Waals surface area (Å²) in [7, 11) is 0. The van der Waals surface area contributed by atoms with Crippen LogP contribution in [0.2, 0.25) is 5.02 Å². The Kier molecular flexibility index (Phi) is 3.49. The Morgan fingerprint density at radius 3 is 3.13 bits per heavy atom. The number of halogens is 1. The van der Waals surface area contributed by atoms with Gasteiger partial charge in [-0.1, -0.05) is 11.6 Å². The maximum Gasteiger partial charge on any atom is 0.0410 e. The molecule has 1 aromatic carbocycles. The first-order valence-electron chi connectivity index (χ1n) is 5.52. The molecule has 0 saturated heterocycles. The SMILES string of the molecule is NCCC1CCNc2ccc(Cl)cc2C1. The minimum Gasteiger partial charge on any atom is -0.385 e. The molecule has 0 fully saturated rings. The van der Waals surface area contributed by atoms with E-state index in [1.807, 2.05) is 6.07 Å². The van der Waals surface area contributed by atoms with E-state index in [2.05, 4.69) is 17.4 Å². The number of benzene rings is 1. The second kappa shape index (κ2) is 4.86. The van der Waals surface area contributed by atoms with Crippen LogP contribution in [-0.2, 0) is 6.42 Å². The van der Waals surface area contributed by atoms with Gasteiger partial charge < -0.3 is 11.1 Å². The third kappa shape index (κ3) is 2.64. The van der Waals surface area contributed by atoms with E-state index in [1.54, 1.807) is 0 Å². The van der Waals surface area contributed by atoms with E-state index in [1.165, 1.54) is 17.7 Å². The Morgan fingerprint density at radius 1 is 1.47 bits per heavy atom. The van der Waals surface area contributed by atoms with Crippen LogP contribution in [0.5, 0.6) is 0 Å². The molecule has 1 aromatic rings. The van der Waals surface area contributed by atoms with E-state index in [-0.39, 0.29) is 0 Å². The van der Waals surface area contributed by atoms with Gasteiger partial charge in [0.2, 0.25) is 0 Å². The number of nitrogens with one attached hydrogen (secondary N) is 1. The van der Waals surface area contributed by atoms with E-state index in [9.17, 15) is 0 Å². The quantitative estimate of drug-likeness (QED) is 0.811. The molecule has 3 N–H and O–H groups in total. The monoisotopic (exact) mass is 224 g/mol. The fourth-order valence-electron chi connectivity index (χ4n) is 2.21. The molecule has 0 bridgehead atoms. The van der Waals surface area contributed by atoms with Crippen LogP contribution in [0.3, 0.4) is 0 Å². The summed E-state index contributed by atoms with van der Waals surface area (Å²) in [6.07, 6.45) is 3.40. The van der Waals surface area contributed by atoms with Gasteiger partial charge in [-0.3, -0.25) is 0 Å². The zero-order valence-corrected chi connectivity index (χ0v) is 9.56. The van der Waals surface area contributed by atoms with Gasteiger partial charge in [-0.25, -0.2) is 0 Å². The molecule has 0 radical (unpaired) electrons. The lowest BCUT2D eigenvalue weighted by atomic mass is 9.94. The Bertz CT molecular complexity index is 338. The van der Waals surface area contributed by atoms with Gasteiger partial charge in [-0.2, -0.15) is 0 Å². The molecule has 1 aliphatic rings. The van der Waals surface area contributed by atoms with Crippen molar-refractivity contribution >= 4 is 17.3 Å². The van der Waals surface area contributed by atoms with Crippen LogP contribution in [0.4, 0.5) is 5.69 Å². The topological polar surface area (TPSA) is 38.0 Å². The fourth-order valence-corrected chi connectivity index (χ4v) is 2.40. The van der Waals surface area contributed by atoms with Crippen molar-refractivity contribution in [2.75, 3.05) is 18.4 Å². The minimum absolute atomic E-state index is 0.696. The molecule has 0 saturated carbocycles. The van der Waals surface area contributed by atoms with Gasteiger partial charge in [-0.05, 0) is 55.5 Å². The number of fused-ring (bicyclic) bond motifs is 1. The number of rotatable bonds is 2. The number of anilines is 1. The van der Waals surface area contributed by atoms with Crippen molar-refractivity contribution < 1.29 is 0 Å². The first kappa shape index (κ1) is 10.8. The lowest BCUT2D eigenvalue weighted by Gasteiger charge is -2.12. The molecule has 15 heavy (non-hydrogen) atoms. The van der Waals surface area contributed by atoms with Crippen molar-refractivity contribution in [3.63, 3.8) is 0 Å². The molecule has 0 aliphatic carbocycles. The molecule has 1 aliphatic heterocycles. The first-order chi connectivity index (χ1) is 7.29. The van der Waals surface area contributed by atoms with Gasteiger partial charge in [0.05, 0.1) is 0 Å². The summed E-state index contributed by atoms with van der Waals surface area (Å²) in [5.74, 6) is 0.696. The smallest absolute Gasteiger partial charge is 0.0410 e. The van der Waals surface area contributed by atoms with E-state index in [4.69, 9.17) is 17.3 Å². The van der Waals surface area contributed by atoms with Crippen LogP contribution < -0.4 is 11.1 Å². The number of hydrogen-bond donors (Lipinski definition) is 2. The maximum absolute atomic E-state index is 6.00. The second-order valence-electron chi connectivity index (χ2n) is 4.16. The first-order valence-corrected chi connectivity index (χ1v) is 5.90. The Balaban J connectivity index is 2.19. The summed E-state index contributed by atoms with van der Waals surface area (Å²) < 4.78 is 0. The second-order valence-corrected chi connectivity index (χ2v) is 4.60. The molecule has 3 heteroatoms. The van der Waals surface area contributed by atoms with Gasteiger partial charge in [0, 0.05) is 17.3 Å². The predicted octanol–water partition coefficient (Wildman–Crippen LogP) is 2.66. The van der Waals surface area contributed by atoms with Crippen molar-refractivity contribution in [1.29, 1.82) is 0 Å². The number of hydrogen-bond acceptors (Lipinski definition) is 2. The van der Waals surface area contributed by atoms with Crippen molar-refractivity contribution in [2.45, 2.75) is 19.3 Å². The van der Waals surface area contributed by atoms with Crippen molar-refractivity contribution in [3.05, 3.63) is 28.8 Å². The standard InChI is InChI=1S/C12H17ClN2/c13-11-1-2-12-10(8-11)7-9(3-5-14)4-6-15-12/h1-2,8-9,15H,3-7,14H2. The van der Waals surface area contributed by atoms with Gasteiger partial charge in [0.1, 0.15) is 0 Å². The summed E-state index contributed by atoms with van der Waals surface area (Å²) in [5.41, 5.74) is 8.18. The normalized spacial score (nSPS) is 20.3. The molecule has 1 unspecified atom stereocenters. The van der Waals surface area contributed by atoms with Crippen molar-refractivity contribution in [2.24, 2.45) is 11.7 Å². The minimum atomic E-state index is 0.696. The largest absolute Gasteiger partial charge is 0.385 e. The zero-order chi connectivity index (χ0) is 10.7. The molecule has 2 nitrogen and oxygen atoms in total. The van der Waals surface area contributed by atoms with Crippen LogP contribution in [0.1, 0.15) is 18.4 Å². The molecule has 1 atom stereocenters. The molecule has 2 rings (SSSR count). The Hall–Kier alpha value is -0.730. The summed E-state index contributed by atoms with van der Waals surface area (Å²) >= 11 is 6.00. The van der Waals surface area contributed by atoms with Crippen molar-refractivity contribution in [3.8, 4) is 0 Å². The summed E-state index contributed by atoms with van der Waals surface area (Å²) in [6.45, 7) is 1.82. The maximum atomic E-state index is 6.00. The fraction of sp³-hybridized carbons (Fsp3) is 0.500. The highest BCUT2D eigenvalue weighted by molar-refractivity contribution is 6.30. The molecule has 0 spiro atoms. The molecule has 1 heterocycles. The highest BCUT2D eigenvalue weighted by Gasteiger charge is 2.15. The number of nitrogens with two attached hydrogens (primary N) is 1. The third-order valence-electron chi connectivity index (χ3n) is 3.02. The highest BCUT2D eigenvalue weighted by Crippen LogP contribution is 2.28. The van der Waals surface area contributed by atoms with E-state index in [0.29, 0.717) is 5.92 Å². The molecule has 0 amide bonds. The van der Waals surface area contributed by atoms with Crippen LogP contribution in [0.25, 0.3) is 0 Å². The Labute approximate surface area is 95.8 Å². The van der Waals surface area contributed by atoms with Crippen LogP contribution in [0.15, 0.2) is 18.2 Å². The Morgan fingerprint density at radius 2 is 2.33 bits per heavy atom. The van der Waals surface area contributed by atoms with E-state index in [0.717, 1.165) is 31.0 Å². The average molecular weight is 225 g/mol. The van der Waals surface area contributed by atoms with Crippen LogP contribution in [-0.4, -0.2) is 13.1 Å². The third-order valence-corrected chi connectivity index (χ3v) is 3.25. The zero-order valence-electron chi connectivity index (χ0n) is 8.80. The van der Waals surface area contributed by atoms with Gasteiger partial charge in [0.15, 0.2) is 0 Å². The summed E-state index contributed by atoms with van der Waals surface area (Å²) in [6, 6.07) is 6.08. The van der Waals surface area contributed by atoms with Gasteiger partial charge >= 0.3 is 0 Å². The van der Waals surface area contributed by atoms with E-state index >= 15 is 0 Å². The average Bonchev–Trinajstić information content (AvgIpc) is 2.39. The summed E-state index contributed by atoms with van der Waals surface area (Å²) in [5, 5.41) is 4.26. The molecule has 82 valence electrons. The van der Waals surface area contributed by atoms with Gasteiger partial charge in [0.25, 0.3) is 0 Å². The predicted molar refractivity (Wildman–Crippen MR) is 65.4 cm³/mol. The lowest BCUT2D eigenvalue weighted by molar-refractivity contribution is 0.473. The van der Waals surface area contributed by atoms with Gasteiger partial charge in [-0.15, -0.1) is 0 Å². The highest BCUT2D eigenvalue weighted by atomic mass is 35.5. The molecule has 0 aromatic heterocycles. The van der Waals surface area contributed by atoms with Crippen molar-refractivity contribution in [1.82, 2.24) is 0 Å². The van der Waals surface area contributed by atoms with Crippen LogP contribution in [0, 0.1) is 5.92 Å². The lowest BCUT2D eigenvalue weighted by Crippen LogP contribution is -2.12. The molecular weight excluding hydrogens is 208 g/mol. The summed E-state index contributed by atoms with van der Waals surface area (Å²) in [4.78, 5) is 0.